The summed E-state index contributed by atoms with van der Waals surface area (Å²) in [7, 11) is 0. The molecule has 1 nitrogen and oxygen atoms in total. The summed E-state index contributed by atoms with van der Waals surface area (Å²) in [6.07, 6.45) is 0. The number of aromatic amines is 1. The Bertz CT molecular complexity index is 2810. The number of H-pyrrole nitrogens is 1. The highest BCUT2D eigenvalue weighted by molar-refractivity contribution is 7.25. The summed E-state index contributed by atoms with van der Waals surface area (Å²) in [5, 5.41) is 10.4. The van der Waals surface area contributed by atoms with E-state index in [0.717, 1.165) is 0 Å². The molecule has 0 radical (unpaired) electrons. The van der Waals surface area contributed by atoms with Gasteiger partial charge in [0.25, 0.3) is 0 Å². The lowest BCUT2D eigenvalue weighted by atomic mass is 9.94. The average molecular weight is 602 g/mol. The molecule has 2 heterocycles. The number of rotatable bonds is 3. The Hall–Kier alpha value is -5.70. The van der Waals surface area contributed by atoms with Gasteiger partial charge in [0.2, 0.25) is 0 Å². The number of thiophene rings is 1. The fraction of sp³-hybridized carbons (Fsp3) is 0. The van der Waals surface area contributed by atoms with Crippen molar-refractivity contribution in [1.29, 1.82) is 0 Å². The highest BCUT2D eigenvalue weighted by Gasteiger charge is 2.16. The number of fused-ring (bicyclic) bond motifs is 11. The molecule has 0 bridgehead atoms. The summed E-state index contributed by atoms with van der Waals surface area (Å²) < 4.78 is 2.67. The first-order valence-corrected chi connectivity index (χ1v) is 16.6. The van der Waals surface area contributed by atoms with E-state index in [2.05, 4.69) is 163 Å². The van der Waals surface area contributed by atoms with Gasteiger partial charge in [0.1, 0.15) is 0 Å². The summed E-state index contributed by atoms with van der Waals surface area (Å²) in [6.45, 7) is 0. The molecular weight excluding hydrogens is 575 g/mol. The number of aromatic nitrogens is 1. The second-order valence-corrected chi connectivity index (χ2v) is 13.2. The molecule has 2 aromatic heterocycles. The van der Waals surface area contributed by atoms with Gasteiger partial charge in [-0.05, 0) is 68.2 Å². The maximum absolute atomic E-state index is 3.90. The molecule has 214 valence electrons. The van der Waals surface area contributed by atoms with Crippen molar-refractivity contribution in [2.75, 3.05) is 0 Å². The monoisotopic (exact) mass is 601 g/mol. The third-order valence-corrected chi connectivity index (χ3v) is 10.7. The highest BCUT2D eigenvalue weighted by Crippen LogP contribution is 2.42. The zero-order chi connectivity index (χ0) is 30.2. The second kappa shape index (κ2) is 9.90. The SMILES string of the molecule is c1cc(-c2cccc(-c3cccc4c3[nH]c3c5ccccc5c5ccccc5c43)c2)cc(-c2ccc3c(c2)sc2ccccc23)c1. The van der Waals surface area contributed by atoms with Gasteiger partial charge in [0, 0.05) is 41.9 Å². The van der Waals surface area contributed by atoms with Crippen LogP contribution < -0.4 is 0 Å². The zero-order valence-corrected chi connectivity index (χ0v) is 25.7. The van der Waals surface area contributed by atoms with E-state index in [1.807, 2.05) is 11.3 Å². The van der Waals surface area contributed by atoms with Crippen molar-refractivity contribution in [1.82, 2.24) is 4.98 Å². The number of hydrogen-bond donors (Lipinski definition) is 1. The van der Waals surface area contributed by atoms with E-state index in [-0.39, 0.29) is 0 Å². The minimum absolute atomic E-state index is 1.18. The van der Waals surface area contributed by atoms with Gasteiger partial charge in [-0.2, -0.15) is 0 Å². The van der Waals surface area contributed by atoms with E-state index in [4.69, 9.17) is 0 Å². The molecule has 0 aliphatic heterocycles. The summed E-state index contributed by atoms with van der Waals surface area (Å²) >= 11 is 1.87. The molecule has 1 N–H and O–H groups in total. The van der Waals surface area contributed by atoms with E-state index in [1.54, 1.807) is 0 Å². The summed E-state index contributed by atoms with van der Waals surface area (Å²) in [5.74, 6) is 0. The van der Waals surface area contributed by atoms with Crippen molar-refractivity contribution in [3.05, 3.63) is 158 Å². The van der Waals surface area contributed by atoms with Gasteiger partial charge < -0.3 is 4.98 Å². The largest absolute Gasteiger partial charge is 0.353 e. The molecule has 2 heteroatoms. The molecular formula is C44H27NS. The van der Waals surface area contributed by atoms with Crippen molar-refractivity contribution in [2.45, 2.75) is 0 Å². The van der Waals surface area contributed by atoms with Crippen LogP contribution in [0.1, 0.15) is 0 Å². The summed E-state index contributed by atoms with van der Waals surface area (Å²) in [4.78, 5) is 3.90. The maximum Gasteiger partial charge on any atom is 0.0551 e. The van der Waals surface area contributed by atoms with Crippen molar-refractivity contribution in [3.63, 3.8) is 0 Å². The standard InChI is InChI=1S/C44H27NS/c1-3-17-37-33(14-1)34-15-2-4-18-38(34)44-42(37)39-20-9-19-32(43(39)45-44)31-13-8-12-29(25-31)27-10-7-11-28(24-27)30-22-23-36-35-16-5-6-21-40(35)46-41(36)26-30/h1-26,45H. The van der Waals surface area contributed by atoms with Gasteiger partial charge in [-0.1, -0.05) is 133 Å². The second-order valence-electron chi connectivity index (χ2n) is 12.2. The van der Waals surface area contributed by atoms with Crippen molar-refractivity contribution >= 4 is 74.9 Å². The Balaban J connectivity index is 1.11. The Morgan fingerprint density at radius 1 is 0.326 bits per heavy atom. The molecule has 0 aliphatic carbocycles. The molecule has 0 spiro atoms. The molecule has 0 atom stereocenters. The molecule has 0 aliphatic rings. The molecule has 0 amide bonds. The molecule has 46 heavy (non-hydrogen) atoms. The van der Waals surface area contributed by atoms with Gasteiger partial charge >= 0.3 is 0 Å². The lowest BCUT2D eigenvalue weighted by Crippen LogP contribution is -1.84. The minimum atomic E-state index is 1.18. The first kappa shape index (κ1) is 25.6. The maximum atomic E-state index is 3.90. The van der Waals surface area contributed by atoms with Crippen LogP contribution in [0.25, 0.3) is 96.9 Å². The lowest BCUT2D eigenvalue weighted by molar-refractivity contribution is 1.54. The topological polar surface area (TPSA) is 15.8 Å². The first-order chi connectivity index (χ1) is 22.8. The molecule has 0 saturated heterocycles. The number of benzene rings is 8. The van der Waals surface area contributed by atoms with E-state index in [0.29, 0.717) is 0 Å². The van der Waals surface area contributed by atoms with E-state index in [1.165, 1.54) is 96.9 Å². The Morgan fingerprint density at radius 2 is 0.870 bits per heavy atom. The van der Waals surface area contributed by atoms with Gasteiger partial charge in [0.15, 0.2) is 0 Å². The normalized spacial score (nSPS) is 11.9. The molecule has 0 fully saturated rings. The minimum Gasteiger partial charge on any atom is -0.353 e. The van der Waals surface area contributed by atoms with Gasteiger partial charge in [-0.3, -0.25) is 0 Å². The summed E-state index contributed by atoms with van der Waals surface area (Å²) in [5.41, 5.74) is 9.73. The molecule has 10 rings (SSSR count). The van der Waals surface area contributed by atoms with Crippen LogP contribution in [0.5, 0.6) is 0 Å². The molecule has 8 aromatic carbocycles. The predicted molar refractivity (Wildman–Crippen MR) is 200 cm³/mol. The summed E-state index contributed by atoms with van der Waals surface area (Å²) in [6, 6.07) is 57.8. The van der Waals surface area contributed by atoms with Crippen molar-refractivity contribution in [3.8, 4) is 33.4 Å². The smallest absolute Gasteiger partial charge is 0.0551 e. The Morgan fingerprint density at radius 3 is 1.65 bits per heavy atom. The molecule has 10 aromatic rings. The predicted octanol–water partition coefficient (Wildman–Crippen LogP) is 13.0. The quantitative estimate of drug-likeness (QED) is 0.194. The van der Waals surface area contributed by atoms with Crippen LogP contribution in [-0.4, -0.2) is 4.98 Å². The van der Waals surface area contributed by atoms with Gasteiger partial charge in [-0.25, -0.2) is 0 Å². The van der Waals surface area contributed by atoms with Crippen molar-refractivity contribution < 1.29 is 0 Å². The third-order valence-electron chi connectivity index (χ3n) is 9.60. The molecule has 0 unspecified atom stereocenters. The highest BCUT2D eigenvalue weighted by atomic mass is 32.1. The van der Waals surface area contributed by atoms with Crippen molar-refractivity contribution in [2.24, 2.45) is 0 Å². The molecule has 0 saturated carbocycles. The Labute approximate surface area is 270 Å². The van der Waals surface area contributed by atoms with Crippen LogP contribution in [0.2, 0.25) is 0 Å². The van der Waals surface area contributed by atoms with E-state index in [9.17, 15) is 0 Å². The lowest BCUT2D eigenvalue weighted by Gasteiger charge is -2.10. The van der Waals surface area contributed by atoms with Gasteiger partial charge in [0.05, 0.1) is 11.0 Å². The van der Waals surface area contributed by atoms with Crippen LogP contribution >= 0.6 is 11.3 Å². The van der Waals surface area contributed by atoms with Crippen LogP contribution in [0.3, 0.4) is 0 Å². The fourth-order valence-corrected chi connectivity index (χ4v) is 8.61. The van der Waals surface area contributed by atoms with Crippen LogP contribution in [-0.2, 0) is 0 Å². The third kappa shape index (κ3) is 3.81. The van der Waals surface area contributed by atoms with Crippen LogP contribution in [0.15, 0.2) is 158 Å². The Kier molecular flexibility index (Phi) is 5.51. The van der Waals surface area contributed by atoms with Crippen LogP contribution in [0.4, 0.5) is 0 Å². The average Bonchev–Trinajstić information content (AvgIpc) is 3.71. The first-order valence-electron chi connectivity index (χ1n) is 15.8. The van der Waals surface area contributed by atoms with E-state index >= 15 is 0 Å². The number of nitrogens with one attached hydrogen (secondary N) is 1. The zero-order valence-electron chi connectivity index (χ0n) is 24.9. The van der Waals surface area contributed by atoms with Crippen LogP contribution in [0, 0.1) is 0 Å². The fourth-order valence-electron chi connectivity index (χ4n) is 7.46. The van der Waals surface area contributed by atoms with E-state index < -0.39 is 0 Å². The number of para-hydroxylation sites is 1. The number of hydrogen-bond acceptors (Lipinski definition) is 1. The van der Waals surface area contributed by atoms with Gasteiger partial charge in [-0.15, -0.1) is 11.3 Å².